The molecule has 29 heavy (non-hydrogen) atoms. The molecule has 0 spiro atoms. The second-order valence-corrected chi connectivity index (χ2v) is 7.64. The van der Waals surface area contributed by atoms with E-state index < -0.39 is 29.8 Å². The molecule has 8 nitrogen and oxygen atoms in total. The molecule has 2 rings (SSSR count). The number of ether oxygens (including phenoxy) is 3. The molecule has 8 heteroatoms. The van der Waals surface area contributed by atoms with E-state index in [-0.39, 0.29) is 12.3 Å². The van der Waals surface area contributed by atoms with Crippen LogP contribution in [0.4, 0.5) is 9.59 Å². The van der Waals surface area contributed by atoms with Gasteiger partial charge < -0.3 is 19.1 Å². The van der Waals surface area contributed by atoms with E-state index in [9.17, 15) is 14.4 Å². The molecule has 2 amide bonds. The normalized spacial score (nSPS) is 16.9. The average molecular weight is 404 g/mol. The number of hydrogen-bond acceptors (Lipinski definition) is 6. The highest BCUT2D eigenvalue weighted by atomic mass is 16.6. The predicted molar refractivity (Wildman–Crippen MR) is 106 cm³/mol. The van der Waals surface area contributed by atoms with Crippen LogP contribution in [0.15, 0.2) is 42.1 Å². The SMILES string of the molecule is COC(=O)/C(=C/[C@H]1CCCN1C(=O)OC(C)(C)C)NC(=O)OCc1ccccc1. The number of likely N-dealkylation sites (tertiary alicyclic amines) is 1. The number of rotatable bonds is 5. The summed E-state index contributed by atoms with van der Waals surface area (Å²) in [4.78, 5) is 38.2. The van der Waals surface area contributed by atoms with Crippen LogP contribution in [0, 0.1) is 0 Å². The van der Waals surface area contributed by atoms with Crippen LogP contribution in [0.3, 0.4) is 0 Å². The minimum absolute atomic E-state index is 0.0641. The number of carbonyl (C=O) groups is 3. The number of nitrogens with one attached hydrogen (secondary N) is 1. The lowest BCUT2D eigenvalue weighted by atomic mass is 10.2. The highest BCUT2D eigenvalue weighted by Crippen LogP contribution is 2.22. The van der Waals surface area contributed by atoms with Gasteiger partial charge in [0.2, 0.25) is 0 Å². The number of methoxy groups -OCH3 is 1. The molecule has 1 N–H and O–H groups in total. The first kappa shape index (κ1) is 22.3. The van der Waals surface area contributed by atoms with Gasteiger partial charge in [0.25, 0.3) is 0 Å². The minimum atomic E-state index is -0.785. The van der Waals surface area contributed by atoms with Crippen LogP contribution in [0.2, 0.25) is 0 Å². The second-order valence-electron chi connectivity index (χ2n) is 7.64. The van der Waals surface area contributed by atoms with E-state index in [1.807, 2.05) is 30.3 Å². The van der Waals surface area contributed by atoms with E-state index in [1.165, 1.54) is 18.1 Å². The predicted octanol–water partition coefficient (Wildman–Crippen LogP) is 3.37. The third-order valence-electron chi connectivity index (χ3n) is 4.14. The molecule has 1 fully saturated rings. The van der Waals surface area contributed by atoms with Crippen molar-refractivity contribution in [3.63, 3.8) is 0 Å². The maximum atomic E-state index is 12.4. The van der Waals surface area contributed by atoms with Gasteiger partial charge in [-0.2, -0.15) is 0 Å². The Balaban J connectivity index is 2.06. The van der Waals surface area contributed by atoms with E-state index in [1.54, 1.807) is 20.8 Å². The minimum Gasteiger partial charge on any atom is -0.464 e. The maximum Gasteiger partial charge on any atom is 0.412 e. The van der Waals surface area contributed by atoms with Gasteiger partial charge in [0.1, 0.15) is 17.9 Å². The summed E-state index contributed by atoms with van der Waals surface area (Å²) in [5.74, 6) is -0.724. The fraction of sp³-hybridized carbons (Fsp3) is 0.476. The van der Waals surface area contributed by atoms with Gasteiger partial charge in [-0.3, -0.25) is 5.32 Å². The quantitative estimate of drug-likeness (QED) is 0.459. The molecular weight excluding hydrogens is 376 g/mol. The van der Waals surface area contributed by atoms with E-state index in [2.05, 4.69) is 5.32 Å². The number of esters is 1. The number of nitrogens with zero attached hydrogens (tertiary/aromatic N) is 1. The Hall–Kier alpha value is -3.03. The van der Waals surface area contributed by atoms with Gasteiger partial charge in [-0.15, -0.1) is 0 Å². The van der Waals surface area contributed by atoms with E-state index in [4.69, 9.17) is 14.2 Å². The van der Waals surface area contributed by atoms with Crippen molar-refractivity contribution in [2.75, 3.05) is 13.7 Å². The van der Waals surface area contributed by atoms with Crippen molar-refractivity contribution in [2.24, 2.45) is 0 Å². The molecule has 1 heterocycles. The monoisotopic (exact) mass is 404 g/mol. The third-order valence-corrected chi connectivity index (χ3v) is 4.14. The Morgan fingerprint density at radius 3 is 2.52 bits per heavy atom. The summed E-state index contributed by atoms with van der Waals surface area (Å²) in [7, 11) is 1.22. The van der Waals surface area contributed by atoms with Crippen LogP contribution in [-0.2, 0) is 25.6 Å². The molecule has 158 valence electrons. The number of amides is 2. The molecule has 1 saturated heterocycles. The zero-order valence-corrected chi connectivity index (χ0v) is 17.3. The summed E-state index contributed by atoms with van der Waals surface area (Å²) in [6.07, 6.45) is 1.65. The standard InChI is InChI=1S/C21H28N2O6/c1-21(2,3)29-20(26)23-12-8-11-16(23)13-17(18(24)27-4)22-19(25)28-14-15-9-6-5-7-10-15/h5-7,9-10,13,16H,8,11-12,14H2,1-4H3,(H,22,25)/b17-13-/t16-/m1/s1. The Bertz CT molecular complexity index is 754. The highest BCUT2D eigenvalue weighted by Gasteiger charge is 2.32. The van der Waals surface area contributed by atoms with Gasteiger partial charge in [0.05, 0.1) is 13.2 Å². The first-order valence-corrected chi connectivity index (χ1v) is 9.47. The number of benzene rings is 1. The van der Waals surface area contributed by atoms with Gasteiger partial charge >= 0.3 is 18.2 Å². The summed E-state index contributed by atoms with van der Waals surface area (Å²) < 4.78 is 15.3. The van der Waals surface area contributed by atoms with Crippen LogP contribution < -0.4 is 5.32 Å². The molecule has 1 aliphatic heterocycles. The van der Waals surface area contributed by atoms with Crippen molar-refractivity contribution in [3.05, 3.63) is 47.7 Å². The fourth-order valence-corrected chi connectivity index (χ4v) is 2.85. The summed E-state index contributed by atoms with van der Waals surface area (Å²) in [6.45, 7) is 5.93. The second kappa shape index (κ2) is 9.95. The van der Waals surface area contributed by atoms with Gasteiger partial charge in [-0.1, -0.05) is 30.3 Å². The molecule has 1 atom stereocenters. The number of carbonyl (C=O) groups excluding carboxylic acids is 3. The number of hydrogen-bond donors (Lipinski definition) is 1. The smallest absolute Gasteiger partial charge is 0.412 e. The average Bonchev–Trinajstić information content (AvgIpc) is 3.13. The van der Waals surface area contributed by atoms with Crippen molar-refractivity contribution in [1.29, 1.82) is 0 Å². The van der Waals surface area contributed by atoms with E-state index >= 15 is 0 Å². The molecule has 1 aliphatic rings. The lowest BCUT2D eigenvalue weighted by Gasteiger charge is -2.27. The molecule has 0 aliphatic carbocycles. The van der Waals surface area contributed by atoms with Crippen molar-refractivity contribution in [1.82, 2.24) is 10.2 Å². The van der Waals surface area contributed by atoms with Crippen LogP contribution in [0.25, 0.3) is 0 Å². The summed E-state index contributed by atoms with van der Waals surface area (Å²) >= 11 is 0. The Kier molecular flexibility index (Phi) is 7.64. The van der Waals surface area contributed by atoms with Gasteiger partial charge in [-0.25, -0.2) is 14.4 Å². The molecule has 0 radical (unpaired) electrons. The van der Waals surface area contributed by atoms with Crippen molar-refractivity contribution < 1.29 is 28.6 Å². The van der Waals surface area contributed by atoms with Gasteiger partial charge in [0.15, 0.2) is 0 Å². The van der Waals surface area contributed by atoms with Crippen LogP contribution in [0.1, 0.15) is 39.2 Å². The molecule has 0 saturated carbocycles. The first-order valence-electron chi connectivity index (χ1n) is 9.47. The molecule has 0 unspecified atom stereocenters. The maximum absolute atomic E-state index is 12.4. The molecule has 0 bridgehead atoms. The zero-order valence-electron chi connectivity index (χ0n) is 17.3. The summed E-state index contributed by atoms with van der Waals surface area (Å²) in [5.41, 5.74) is 0.114. The molecule has 1 aromatic rings. The highest BCUT2D eigenvalue weighted by molar-refractivity contribution is 5.92. The van der Waals surface area contributed by atoms with Crippen LogP contribution >= 0.6 is 0 Å². The Labute approximate surface area is 170 Å². The Morgan fingerprint density at radius 1 is 1.21 bits per heavy atom. The lowest BCUT2D eigenvalue weighted by molar-refractivity contribution is -0.136. The summed E-state index contributed by atoms with van der Waals surface area (Å²) in [5, 5.41) is 2.42. The topological polar surface area (TPSA) is 94.2 Å². The zero-order chi connectivity index (χ0) is 21.4. The first-order chi connectivity index (χ1) is 13.7. The third kappa shape index (κ3) is 7.14. The van der Waals surface area contributed by atoms with Crippen molar-refractivity contribution in [3.8, 4) is 0 Å². The lowest BCUT2D eigenvalue weighted by Crippen LogP contribution is -2.40. The molecule has 0 aromatic heterocycles. The van der Waals surface area contributed by atoms with Gasteiger partial charge in [0, 0.05) is 6.54 Å². The van der Waals surface area contributed by atoms with E-state index in [0.717, 1.165) is 12.0 Å². The molecule has 1 aromatic carbocycles. The van der Waals surface area contributed by atoms with Gasteiger partial charge in [-0.05, 0) is 45.3 Å². The van der Waals surface area contributed by atoms with Crippen molar-refractivity contribution >= 4 is 18.2 Å². The Morgan fingerprint density at radius 2 is 1.90 bits per heavy atom. The largest absolute Gasteiger partial charge is 0.464 e. The van der Waals surface area contributed by atoms with Crippen LogP contribution in [-0.4, -0.2) is 48.4 Å². The van der Waals surface area contributed by atoms with Crippen molar-refractivity contribution in [2.45, 2.75) is 51.9 Å². The molecular formula is C21H28N2O6. The summed E-state index contributed by atoms with van der Waals surface area (Å²) in [6, 6.07) is 8.78. The fourth-order valence-electron chi connectivity index (χ4n) is 2.85. The van der Waals surface area contributed by atoms with Crippen LogP contribution in [0.5, 0.6) is 0 Å². The number of alkyl carbamates (subject to hydrolysis) is 1. The van der Waals surface area contributed by atoms with E-state index in [0.29, 0.717) is 13.0 Å².